The fourth-order valence-corrected chi connectivity index (χ4v) is 2.60. The first-order chi connectivity index (χ1) is 9.99. The first-order valence-corrected chi connectivity index (χ1v) is 7.52. The summed E-state index contributed by atoms with van der Waals surface area (Å²) >= 11 is 0. The van der Waals surface area contributed by atoms with Crippen molar-refractivity contribution in [3.05, 3.63) is 23.9 Å². The summed E-state index contributed by atoms with van der Waals surface area (Å²) in [6.45, 7) is 9.39. The first kappa shape index (κ1) is 15.8. The van der Waals surface area contributed by atoms with Crippen LogP contribution in [0, 0.1) is 0 Å². The van der Waals surface area contributed by atoms with Gasteiger partial charge in [-0.3, -0.25) is 4.79 Å². The summed E-state index contributed by atoms with van der Waals surface area (Å²) < 4.78 is 11.0. The van der Waals surface area contributed by atoms with Gasteiger partial charge in [0.1, 0.15) is 6.10 Å². The third kappa shape index (κ3) is 3.94. The molecule has 5 heteroatoms. The molecule has 0 saturated carbocycles. The van der Waals surface area contributed by atoms with Crippen molar-refractivity contribution in [1.29, 1.82) is 0 Å². The lowest BCUT2D eigenvalue weighted by Gasteiger charge is -2.30. The fourth-order valence-electron chi connectivity index (χ4n) is 2.60. The van der Waals surface area contributed by atoms with E-state index in [1.807, 2.05) is 32.6 Å². The monoisotopic (exact) mass is 292 g/mol. The van der Waals surface area contributed by atoms with Crippen LogP contribution in [-0.2, 0) is 4.74 Å². The number of hydrogen-bond acceptors (Lipinski definition) is 4. The number of pyridine rings is 1. The average Bonchev–Trinajstić information content (AvgIpc) is 2.91. The zero-order valence-corrected chi connectivity index (χ0v) is 13.2. The maximum Gasteiger partial charge on any atom is 0.254 e. The van der Waals surface area contributed by atoms with E-state index in [1.165, 1.54) is 0 Å². The second-order valence-corrected chi connectivity index (χ2v) is 5.89. The quantitative estimate of drug-likeness (QED) is 0.836. The lowest BCUT2D eigenvalue weighted by Crippen LogP contribution is -2.42. The van der Waals surface area contributed by atoms with Crippen molar-refractivity contribution in [3.8, 4) is 5.88 Å². The summed E-state index contributed by atoms with van der Waals surface area (Å²) in [7, 11) is 0. The predicted molar refractivity (Wildman–Crippen MR) is 80.5 cm³/mol. The van der Waals surface area contributed by atoms with E-state index in [2.05, 4.69) is 4.98 Å². The summed E-state index contributed by atoms with van der Waals surface area (Å²) in [6.07, 6.45) is 2.52. The van der Waals surface area contributed by atoms with Crippen LogP contribution in [0.4, 0.5) is 0 Å². The smallest absolute Gasteiger partial charge is 0.254 e. The molecule has 0 spiro atoms. The molecule has 1 fully saturated rings. The van der Waals surface area contributed by atoms with Gasteiger partial charge < -0.3 is 14.4 Å². The van der Waals surface area contributed by atoms with Gasteiger partial charge >= 0.3 is 0 Å². The van der Waals surface area contributed by atoms with Crippen molar-refractivity contribution in [2.45, 2.75) is 52.3 Å². The van der Waals surface area contributed by atoms with Gasteiger partial charge in [0, 0.05) is 36.3 Å². The highest BCUT2D eigenvalue weighted by molar-refractivity contribution is 5.94. The molecule has 2 rings (SSSR count). The first-order valence-electron chi connectivity index (χ1n) is 7.52. The summed E-state index contributed by atoms with van der Waals surface area (Å²) in [6, 6.07) is 3.76. The summed E-state index contributed by atoms with van der Waals surface area (Å²) in [5, 5.41) is 0. The topological polar surface area (TPSA) is 51.7 Å². The van der Waals surface area contributed by atoms with Crippen molar-refractivity contribution in [2.75, 3.05) is 13.2 Å². The molecule has 0 aliphatic carbocycles. The van der Waals surface area contributed by atoms with E-state index >= 15 is 0 Å². The van der Waals surface area contributed by atoms with E-state index in [0.717, 1.165) is 13.0 Å². The number of nitrogens with zero attached hydrogens (tertiary/aromatic N) is 2. The Balaban J connectivity index is 2.13. The van der Waals surface area contributed by atoms with E-state index in [1.54, 1.807) is 18.3 Å². The molecule has 0 bridgehead atoms. The maximum absolute atomic E-state index is 12.6. The van der Waals surface area contributed by atoms with Crippen LogP contribution in [0.1, 0.15) is 44.5 Å². The highest BCUT2D eigenvalue weighted by atomic mass is 16.5. The number of aromatic nitrogens is 1. The van der Waals surface area contributed by atoms with Gasteiger partial charge in [0.15, 0.2) is 0 Å². The molecule has 1 aliphatic heterocycles. The van der Waals surface area contributed by atoms with Crippen LogP contribution in [0.15, 0.2) is 18.3 Å². The Hall–Kier alpha value is -1.62. The molecule has 0 radical (unpaired) electrons. The number of ether oxygens (including phenoxy) is 2. The van der Waals surface area contributed by atoms with E-state index in [-0.39, 0.29) is 24.1 Å². The lowest BCUT2D eigenvalue weighted by atomic mass is 10.1. The Labute approximate surface area is 126 Å². The molecule has 1 unspecified atom stereocenters. The number of carbonyl (C=O) groups excluding carboxylic acids is 1. The largest absolute Gasteiger partial charge is 0.472 e. The van der Waals surface area contributed by atoms with Gasteiger partial charge in [-0.2, -0.15) is 0 Å². The van der Waals surface area contributed by atoms with Gasteiger partial charge in [0.2, 0.25) is 5.88 Å². The summed E-state index contributed by atoms with van der Waals surface area (Å²) in [5.74, 6) is 0.499. The SMILES string of the molecule is CC(C)N(C(=O)c1ccnc(OC2CCOC2)c1)C(C)C. The van der Waals surface area contributed by atoms with Crippen LogP contribution in [0.3, 0.4) is 0 Å². The highest BCUT2D eigenvalue weighted by Gasteiger charge is 2.23. The molecule has 5 nitrogen and oxygen atoms in total. The van der Waals surface area contributed by atoms with Gasteiger partial charge in [-0.25, -0.2) is 4.98 Å². The van der Waals surface area contributed by atoms with E-state index in [4.69, 9.17) is 9.47 Å². The van der Waals surface area contributed by atoms with Crippen molar-refractivity contribution in [3.63, 3.8) is 0 Å². The van der Waals surface area contributed by atoms with E-state index < -0.39 is 0 Å². The Morgan fingerprint density at radius 2 is 2.10 bits per heavy atom. The predicted octanol–water partition coefficient (Wildman–Crippen LogP) is 2.51. The fraction of sp³-hybridized carbons (Fsp3) is 0.625. The average molecular weight is 292 g/mol. The molecule has 0 N–H and O–H groups in total. The molecule has 2 heterocycles. The molecule has 0 aromatic carbocycles. The van der Waals surface area contributed by atoms with Crippen molar-refractivity contribution >= 4 is 5.91 Å². The minimum atomic E-state index is 0.00919. The highest BCUT2D eigenvalue weighted by Crippen LogP contribution is 2.18. The zero-order valence-electron chi connectivity index (χ0n) is 13.2. The second kappa shape index (κ2) is 6.89. The maximum atomic E-state index is 12.6. The number of hydrogen-bond donors (Lipinski definition) is 0. The number of carbonyl (C=O) groups is 1. The molecule has 1 aromatic rings. The third-order valence-electron chi connectivity index (χ3n) is 3.50. The standard InChI is InChI=1S/C16H24N2O3/c1-11(2)18(12(3)4)16(19)13-5-7-17-15(9-13)21-14-6-8-20-10-14/h5,7,9,11-12,14H,6,8,10H2,1-4H3. The Kier molecular flexibility index (Phi) is 5.17. The van der Waals surface area contributed by atoms with Gasteiger partial charge in [-0.15, -0.1) is 0 Å². The number of amides is 1. The van der Waals surface area contributed by atoms with Gasteiger partial charge in [-0.1, -0.05) is 0 Å². The minimum absolute atomic E-state index is 0.00919. The molecule has 1 aliphatic rings. The Bertz CT molecular complexity index is 474. The summed E-state index contributed by atoms with van der Waals surface area (Å²) in [4.78, 5) is 18.7. The minimum Gasteiger partial charge on any atom is -0.472 e. The summed E-state index contributed by atoms with van der Waals surface area (Å²) in [5.41, 5.74) is 0.612. The molecule has 1 atom stereocenters. The molecule has 1 amide bonds. The normalized spacial score (nSPS) is 18.3. The van der Waals surface area contributed by atoms with Crippen molar-refractivity contribution < 1.29 is 14.3 Å². The van der Waals surface area contributed by atoms with Crippen LogP contribution >= 0.6 is 0 Å². The van der Waals surface area contributed by atoms with Crippen LogP contribution in [0.5, 0.6) is 5.88 Å². The molecule has 1 aromatic heterocycles. The molecule has 116 valence electrons. The van der Waals surface area contributed by atoms with E-state index in [0.29, 0.717) is 18.1 Å². The lowest BCUT2D eigenvalue weighted by molar-refractivity contribution is 0.0642. The Morgan fingerprint density at radius 1 is 1.38 bits per heavy atom. The molecular formula is C16H24N2O3. The van der Waals surface area contributed by atoms with E-state index in [9.17, 15) is 4.79 Å². The third-order valence-corrected chi connectivity index (χ3v) is 3.50. The molecule has 21 heavy (non-hydrogen) atoms. The van der Waals surface area contributed by atoms with Gasteiger partial charge in [-0.05, 0) is 33.8 Å². The second-order valence-electron chi connectivity index (χ2n) is 5.89. The van der Waals surface area contributed by atoms with Crippen LogP contribution in [0.25, 0.3) is 0 Å². The molecular weight excluding hydrogens is 268 g/mol. The van der Waals surface area contributed by atoms with Gasteiger partial charge in [0.25, 0.3) is 5.91 Å². The van der Waals surface area contributed by atoms with Gasteiger partial charge in [0.05, 0.1) is 13.2 Å². The van der Waals surface area contributed by atoms with Crippen molar-refractivity contribution in [2.24, 2.45) is 0 Å². The van der Waals surface area contributed by atoms with Crippen LogP contribution in [-0.4, -0.2) is 47.2 Å². The molecule has 1 saturated heterocycles. The van der Waals surface area contributed by atoms with Crippen molar-refractivity contribution in [1.82, 2.24) is 9.88 Å². The Morgan fingerprint density at radius 3 is 2.67 bits per heavy atom. The van der Waals surface area contributed by atoms with Crippen LogP contribution < -0.4 is 4.74 Å². The van der Waals surface area contributed by atoms with Crippen LogP contribution in [0.2, 0.25) is 0 Å². The zero-order chi connectivity index (χ0) is 15.4. The number of rotatable bonds is 5.